The predicted molar refractivity (Wildman–Crippen MR) is 73.3 cm³/mol. The Kier molecular flexibility index (Phi) is 4.35. The van der Waals surface area contributed by atoms with Crippen LogP contribution in [0.4, 0.5) is 13.2 Å². The fraction of sp³-hybridized carbons (Fsp3) is 0.250. The first kappa shape index (κ1) is 16.6. The van der Waals surface area contributed by atoms with Gasteiger partial charge in [0.05, 0.1) is 5.02 Å². The number of hydrogen-bond acceptors (Lipinski definition) is 3. The summed E-state index contributed by atoms with van der Waals surface area (Å²) in [5.74, 6) is -2.04. The zero-order chi connectivity index (χ0) is 16.7. The standard InChI is InChI=1S/C12H8Cl2F3N3O2/c1-19-10(12(15,16)17)18-20(11(19)22)5-9(21)7-3-2-6(13)4-8(7)14/h2-4H,5H2,1H3. The van der Waals surface area contributed by atoms with E-state index < -0.39 is 30.0 Å². The molecule has 0 spiro atoms. The van der Waals surface area contributed by atoms with Gasteiger partial charge >= 0.3 is 11.9 Å². The fourth-order valence-corrected chi connectivity index (χ4v) is 2.29. The molecule has 5 nitrogen and oxygen atoms in total. The summed E-state index contributed by atoms with van der Waals surface area (Å²) in [6.45, 7) is -0.663. The Hall–Kier alpha value is -1.80. The third kappa shape index (κ3) is 3.17. The number of ketones is 1. The molecule has 0 saturated heterocycles. The van der Waals surface area contributed by atoms with Gasteiger partial charge < -0.3 is 0 Å². The first-order chi connectivity index (χ1) is 10.1. The zero-order valence-electron chi connectivity index (χ0n) is 11.0. The van der Waals surface area contributed by atoms with Crippen molar-refractivity contribution in [1.82, 2.24) is 14.3 Å². The fourth-order valence-electron chi connectivity index (χ4n) is 1.77. The van der Waals surface area contributed by atoms with Gasteiger partial charge in [-0.15, -0.1) is 5.10 Å². The molecule has 2 rings (SSSR count). The second kappa shape index (κ2) is 5.77. The molecule has 0 aliphatic carbocycles. The molecule has 0 aliphatic rings. The summed E-state index contributed by atoms with van der Waals surface area (Å²) in [5, 5.41) is 3.49. The first-order valence-corrected chi connectivity index (χ1v) is 6.56. The minimum atomic E-state index is -4.79. The van der Waals surface area contributed by atoms with E-state index in [0.717, 1.165) is 7.05 Å². The number of carbonyl (C=O) groups excluding carboxylic acids is 1. The number of rotatable bonds is 3. The SMILES string of the molecule is Cn1c(C(F)(F)F)nn(CC(=O)c2ccc(Cl)cc2Cl)c1=O. The van der Waals surface area contributed by atoms with E-state index in [9.17, 15) is 22.8 Å². The summed E-state index contributed by atoms with van der Waals surface area (Å²) in [7, 11) is 0.925. The molecule has 0 atom stereocenters. The number of nitrogens with zero attached hydrogens (tertiary/aromatic N) is 3. The highest BCUT2D eigenvalue weighted by Crippen LogP contribution is 2.26. The van der Waals surface area contributed by atoms with Gasteiger partial charge in [-0.1, -0.05) is 23.2 Å². The predicted octanol–water partition coefficient (Wildman–Crippen LogP) is 2.79. The van der Waals surface area contributed by atoms with E-state index in [2.05, 4.69) is 5.10 Å². The van der Waals surface area contributed by atoms with Gasteiger partial charge in [-0.3, -0.25) is 9.36 Å². The molecular weight excluding hydrogens is 346 g/mol. The summed E-state index contributed by atoms with van der Waals surface area (Å²) in [6, 6.07) is 4.05. The monoisotopic (exact) mass is 353 g/mol. The maximum Gasteiger partial charge on any atom is 0.451 e. The Morgan fingerprint density at radius 1 is 1.32 bits per heavy atom. The van der Waals surface area contributed by atoms with Gasteiger partial charge in [-0.05, 0) is 18.2 Å². The molecule has 0 bridgehead atoms. The van der Waals surface area contributed by atoms with Crippen LogP contribution in [-0.2, 0) is 19.8 Å². The van der Waals surface area contributed by atoms with Crippen LogP contribution in [0, 0.1) is 0 Å². The number of alkyl halides is 3. The minimum Gasteiger partial charge on any atom is -0.292 e. The van der Waals surface area contributed by atoms with Gasteiger partial charge in [0.1, 0.15) is 6.54 Å². The van der Waals surface area contributed by atoms with E-state index in [4.69, 9.17) is 23.2 Å². The quantitative estimate of drug-likeness (QED) is 0.797. The topological polar surface area (TPSA) is 56.9 Å². The number of halogens is 5. The smallest absolute Gasteiger partial charge is 0.292 e. The third-order valence-electron chi connectivity index (χ3n) is 2.82. The molecule has 1 aromatic carbocycles. The van der Waals surface area contributed by atoms with Gasteiger partial charge in [0, 0.05) is 17.6 Å². The van der Waals surface area contributed by atoms with Crippen LogP contribution in [0.5, 0.6) is 0 Å². The molecule has 1 heterocycles. The van der Waals surface area contributed by atoms with Gasteiger partial charge in [0.15, 0.2) is 5.78 Å². The molecule has 1 aromatic heterocycles. The Bertz CT molecular complexity index is 796. The average Bonchev–Trinajstić information content (AvgIpc) is 2.66. The molecule has 0 amide bonds. The Morgan fingerprint density at radius 3 is 2.45 bits per heavy atom. The van der Waals surface area contributed by atoms with E-state index >= 15 is 0 Å². The average molecular weight is 354 g/mol. The van der Waals surface area contributed by atoms with Crippen LogP contribution in [0.2, 0.25) is 10.0 Å². The van der Waals surface area contributed by atoms with Crippen LogP contribution in [0.25, 0.3) is 0 Å². The summed E-state index contributed by atoms with van der Waals surface area (Å²) in [6.07, 6.45) is -4.79. The van der Waals surface area contributed by atoms with Gasteiger partial charge in [-0.2, -0.15) is 13.2 Å². The lowest BCUT2D eigenvalue weighted by Gasteiger charge is -2.04. The molecule has 118 valence electrons. The third-order valence-corrected chi connectivity index (χ3v) is 3.37. The number of hydrogen-bond donors (Lipinski definition) is 0. The number of aromatic nitrogens is 3. The largest absolute Gasteiger partial charge is 0.451 e. The first-order valence-electron chi connectivity index (χ1n) is 5.80. The van der Waals surface area contributed by atoms with Crippen LogP contribution < -0.4 is 5.69 Å². The molecule has 0 aliphatic heterocycles. The number of carbonyl (C=O) groups is 1. The second-order valence-corrected chi connectivity index (χ2v) is 5.21. The van der Waals surface area contributed by atoms with Crippen molar-refractivity contribution in [1.29, 1.82) is 0 Å². The van der Waals surface area contributed by atoms with E-state index in [1.165, 1.54) is 18.2 Å². The van der Waals surface area contributed by atoms with Crippen LogP contribution in [0.15, 0.2) is 23.0 Å². The van der Waals surface area contributed by atoms with Crippen molar-refractivity contribution in [3.05, 3.63) is 50.1 Å². The second-order valence-electron chi connectivity index (χ2n) is 4.37. The summed E-state index contributed by atoms with van der Waals surface area (Å²) in [5.41, 5.74) is -1.01. The zero-order valence-corrected chi connectivity index (χ0v) is 12.5. The lowest BCUT2D eigenvalue weighted by Crippen LogP contribution is -2.27. The highest BCUT2D eigenvalue weighted by atomic mass is 35.5. The molecule has 2 aromatic rings. The Labute approximate surface area is 131 Å². The Balaban J connectivity index is 2.35. The normalized spacial score (nSPS) is 11.7. The summed E-state index contributed by atoms with van der Waals surface area (Å²) in [4.78, 5) is 23.8. The van der Waals surface area contributed by atoms with Crippen LogP contribution in [0.3, 0.4) is 0 Å². The number of benzene rings is 1. The van der Waals surface area contributed by atoms with Crippen LogP contribution in [-0.4, -0.2) is 20.1 Å². The van der Waals surface area contributed by atoms with Crippen molar-refractivity contribution in [3.8, 4) is 0 Å². The number of Topliss-reactive ketones (excluding diaryl/α,β-unsaturated/α-hetero) is 1. The van der Waals surface area contributed by atoms with E-state index in [-0.39, 0.29) is 10.6 Å². The van der Waals surface area contributed by atoms with Gasteiger partial charge in [0.2, 0.25) is 5.82 Å². The van der Waals surface area contributed by atoms with Crippen molar-refractivity contribution >= 4 is 29.0 Å². The maximum atomic E-state index is 12.7. The molecule has 0 radical (unpaired) electrons. The van der Waals surface area contributed by atoms with E-state index in [1.54, 1.807) is 0 Å². The van der Waals surface area contributed by atoms with E-state index in [1.807, 2.05) is 0 Å². The van der Waals surface area contributed by atoms with Crippen LogP contribution >= 0.6 is 23.2 Å². The maximum absolute atomic E-state index is 12.7. The molecule has 0 N–H and O–H groups in total. The summed E-state index contributed by atoms with van der Waals surface area (Å²) >= 11 is 11.5. The Morgan fingerprint density at radius 2 is 1.95 bits per heavy atom. The molecule has 10 heteroatoms. The lowest BCUT2D eigenvalue weighted by molar-refractivity contribution is -0.147. The van der Waals surface area contributed by atoms with Crippen molar-refractivity contribution in [2.75, 3.05) is 0 Å². The van der Waals surface area contributed by atoms with Crippen LogP contribution in [0.1, 0.15) is 16.2 Å². The van der Waals surface area contributed by atoms with Crippen molar-refractivity contribution < 1.29 is 18.0 Å². The van der Waals surface area contributed by atoms with Crippen molar-refractivity contribution in [2.24, 2.45) is 7.05 Å². The molecule has 0 saturated carbocycles. The van der Waals surface area contributed by atoms with Crippen molar-refractivity contribution in [3.63, 3.8) is 0 Å². The highest BCUT2D eigenvalue weighted by molar-refractivity contribution is 6.36. The molecule has 0 fully saturated rings. The van der Waals surface area contributed by atoms with Gasteiger partial charge in [0.25, 0.3) is 0 Å². The van der Waals surface area contributed by atoms with E-state index in [0.29, 0.717) is 14.3 Å². The van der Waals surface area contributed by atoms with Crippen molar-refractivity contribution in [2.45, 2.75) is 12.7 Å². The molecule has 0 unspecified atom stereocenters. The summed E-state index contributed by atoms with van der Waals surface area (Å²) < 4.78 is 38.7. The molecular formula is C12H8Cl2F3N3O2. The molecule has 22 heavy (non-hydrogen) atoms. The highest BCUT2D eigenvalue weighted by Gasteiger charge is 2.38. The minimum absolute atomic E-state index is 0.0391. The van der Waals surface area contributed by atoms with Gasteiger partial charge in [-0.25, -0.2) is 9.48 Å². The lowest BCUT2D eigenvalue weighted by atomic mass is 10.1.